The van der Waals surface area contributed by atoms with Crippen molar-refractivity contribution in [1.29, 1.82) is 0 Å². The molecule has 1 aromatic rings. The Morgan fingerprint density at radius 2 is 1.60 bits per heavy atom. The summed E-state index contributed by atoms with van der Waals surface area (Å²) in [6, 6.07) is 3.41. The van der Waals surface area contributed by atoms with Crippen LogP contribution in [0.2, 0.25) is 0 Å². The van der Waals surface area contributed by atoms with Crippen molar-refractivity contribution in [3.63, 3.8) is 0 Å². The summed E-state index contributed by atoms with van der Waals surface area (Å²) < 4.78 is 0. The predicted octanol–water partition coefficient (Wildman–Crippen LogP) is -2.05. The molecule has 190 valence electrons. The Morgan fingerprint density at radius 3 is 2.17 bits per heavy atom. The van der Waals surface area contributed by atoms with E-state index in [1.807, 2.05) is 0 Å². The van der Waals surface area contributed by atoms with E-state index >= 15 is 0 Å². The molecule has 0 spiro atoms. The number of nitrogens with two attached hydrogens (primary N) is 2. The minimum atomic E-state index is -1.53. The molecule has 4 amide bonds. The van der Waals surface area contributed by atoms with Crippen LogP contribution >= 0.6 is 0 Å². The molecule has 4 unspecified atom stereocenters. The third-order valence-electron chi connectivity index (χ3n) is 5.49. The fourth-order valence-electron chi connectivity index (χ4n) is 3.78. The first kappa shape index (κ1) is 27.2. The summed E-state index contributed by atoms with van der Waals surface area (Å²) in [4.78, 5) is 73.6. The van der Waals surface area contributed by atoms with Gasteiger partial charge in [-0.1, -0.05) is 30.3 Å². The standard InChI is InChI=1S/C22H29N5O8/c23-13(10-18(29)30)19(31)25-14(11-17(24)28)20(32)26-15(9-12-5-2-1-3-6-12)21(33)27-8-4-7-16(27)22(34)35/h1-3,5-6,13-16H,4,7-11,23H2,(H2,24,28)(H,25,31)(H,26,32)(H,29,30)(H,34,35). The molecule has 1 aromatic carbocycles. The van der Waals surface area contributed by atoms with Crippen LogP contribution in [0.4, 0.5) is 0 Å². The SMILES string of the molecule is NC(=O)CC(NC(=O)C(N)CC(=O)O)C(=O)NC(Cc1ccccc1)C(=O)N1CCCC1C(=O)O. The van der Waals surface area contributed by atoms with E-state index in [0.717, 1.165) is 0 Å². The minimum Gasteiger partial charge on any atom is -0.481 e. The van der Waals surface area contributed by atoms with E-state index in [2.05, 4.69) is 10.6 Å². The Bertz CT molecular complexity index is 970. The largest absolute Gasteiger partial charge is 0.481 e. The van der Waals surface area contributed by atoms with Gasteiger partial charge in [0.15, 0.2) is 0 Å². The van der Waals surface area contributed by atoms with E-state index < -0.39 is 72.6 Å². The molecule has 0 saturated carbocycles. The van der Waals surface area contributed by atoms with Gasteiger partial charge < -0.3 is 37.2 Å². The van der Waals surface area contributed by atoms with Gasteiger partial charge in [-0.3, -0.25) is 24.0 Å². The van der Waals surface area contributed by atoms with Crippen LogP contribution in [0.1, 0.15) is 31.2 Å². The number of benzene rings is 1. The maximum atomic E-state index is 13.3. The fourth-order valence-corrected chi connectivity index (χ4v) is 3.78. The number of rotatable bonds is 12. The Balaban J connectivity index is 2.25. The normalized spacial score (nSPS) is 17.6. The van der Waals surface area contributed by atoms with Crippen molar-refractivity contribution in [2.45, 2.75) is 56.3 Å². The molecular weight excluding hydrogens is 462 g/mol. The molecule has 0 aliphatic carbocycles. The van der Waals surface area contributed by atoms with Crippen molar-refractivity contribution in [2.24, 2.45) is 11.5 Å². The van der Waals surface area contributed by atoms with E-state index in [1.165, 1.54) is 4.90 Å². The Morgan fingerprint density at radius 1 is 0.971 bits per heavy atom. The van der Waals surface area contributed by atoms with E-state index in [4.69, 9.17) is 16.6 Å². The molecule has 8 N–H and O–H groups in total. The number of aliphatic carboxylic acids is 2. The third-order valence-corrected chi connectivity index (χ3v) is 5.49. The number of primary amides is 1. The van der Waals surface area contributed by atoms with Gasteiger partial charge >= 0.3 is 11.9 Å². The molecule has 13 nitrogen and oxygen atoms in total. The van der Waals surface area contributed by atoms with Gasteiger partial charge in [0.2, 0.25) is 23.6 Å². The van der Waals surface area contributed by atoms with Crippen LogP contribution in [0.5, 0.6) is 0 Å². The summed E-state index contributed by atoms with van der Waals surface area (Å²) >= 11 is 0. The molecule has 0 bridgehead atoms. The van der Waals surface area contributed by atoms with Crippen molar-refractivity contribution in [3.05, 3.63) is 35.9 Å². The number of carbonyl (C=O) groups excluding carboxylic acids is 4. The number of hydrogen-bond donors (Lipinski definition) is 6. The second kappa shape index (κ2) is 12.5. The van der Waals surface area contributed by atoms with Gasteiger partial charge in [-0.05, 0) is 18.4 Å². The molecule has 13 heteroatoms. The van der Waals surface area contributed by atoms with Gasteiger partial charge in [-0.25, -0.2) is 4.79 Å². The number of carboxylic acid groups (broad SMARTS) is 2. The van der Waals surface area contributed by atoms with Gasteiger partial charge in [0, 0.05) is 13.0 Å². The fraction of sp³-hybridized carbons (Fsp3) is 0.455. The summed E-state index contributed by atoms with van der Waals surface area (Å²) in [6.45, 7) is 0.197. The van der Waals surface area contributed by atoms with Gasteiger partial charge in [-0.2, -0.15) is 0 Å². The van der Waals surface area contributed by atoms with Crippen molar-refractivity contribution >= 4 is 35.6 Å². The van der Waals surface area contributed by atoms with Crippen molar-refractivity contribution in [1.82, 2.24) is 15.5 Å². The van der Waals surface area contributed by atoms with Gasteiger partial charge in [0.05, 0.1) is 18.9 Å². The number of carboxylic acids is 2. The molecule has 0 aromatic heterocycles. The van der Waals surface area contributed by atoms with Crippen LogP contribution in [0.15, 0.2) is 30.3 Å². The predicted molar refractivity (Wildman–Crippen MR) is 120 cm³/mol. The summed E-state index contributed by atoms with van der Waals surface area (Å²) in [5, 5.41) is 23.0. The highest BCUT2D eigenvalue weighted by atomic mass is 16.4. The number of likely N-dealkylation sites (tertiary alicyclic amines) is 1. The highest BCUT2D eigenvalue weighted by molar-refractivity contribution is 5.96. The molecule has 1 heterocycles. The second-order valence-corrected chi connectivity index (χ2v) is 8.21. The van der Waals surface area contributed by atoms with Gasteiger partial charge in [0.1, 0.15) is 18.1 Å². The first-order valence-electron chi connectivity index (χ1n) is 10.9. The van der Waals surface area contributed by atoms with Crippen LogP contribution in [-0.2, 0) is 35.2 Å². The van der Waals surface area contributed by atoms with Crippen LogP contribution in [0.25, 0.3) is 0 Å². The van der Waals surface area contributed by atoms with Crippen molar-refractivity contribution in [2.75, 3.05) is 6.54 Å². The quantitative estimate of drug-likeness (QED) is 0.189. The van der Waals surface area contributed by atoms with Crippen LogP contribution in [0, 0.1) is 0 Å². The molecular formula is C22H29N5O8. The topological polar surface area (TPSA) is 222 Å². The van der Waals surface area contributed by atoms with Gasteiger partial charge in [-0.15, -0.1) is 0 Å². The lowest BCUT2D eigenvalue weighted by molar-refractivity contribution is -0.149. The first-order chi connectivity index (χ1) is 16.5. The number of hydrogen-bond acceptors (Lipinski definition) is 7. The molecule has 2 rings (SSSR count). The maximum Gasteiger partial charge on any atom is 0.326 e. The average molecular weight is 492 g/mol. The summed E-state index contributed by atoms with van der Waals surface area (Å²) in [7, 11) is 0. The van der Waals surface area contributed by atoms with Crippen LogP contribution in [-0.4, -0.2) is 81.4 Å². The highest BCUT2D eigenvalue weighted by Gasteiger charge is 2.38. The second-order valence-electron chi connectivity index (χ2n) is 8.21. The lowest BCUT2D eigenvalue weighted by Gasteiger charge is -2.29. The van der Waals surface area contributed by atoms with E-state index in [-0.39, 0.29) is 19.4 Å². The average Bonchev–Trinajstić information content (AvgIpc) is 3.28. The van der Waals surface area contributed by atoms with Crippen molar-refractivity contribution in [3.8, 4) is 0 Å². The lowest BCUT2D eigenvalue weighted by atomic mass is 10.0. The molecule has 0 radical (unpaired) electrons. The highest BCUT2D eigenvalue weighted by Crippen LogP contribution is 2.20. The van der Waals surface area contributed by atoms with Crippen LogP contribution in [0.3, 0.4) is 0 Å². The molecule has 1 fully saturated rings. The summed E-state index contributed by atoms with van der Waals surface area (Å²) in [6.07, 6.45) is -0.571. The smallest absolute Gasteiger partial charge is 0.326 e. The number of nitrogens with zero attached hydrogens (tertiary/aromatic N) is 1. The number of amides is 4. The number of carbonyl (C=O) groups is 6. The van der Waals surface area contributed by atoms with E-state index in [9.17, 15) is 33.9 Å². The molecule has 1 aliphatic heterocycles. The summed E-state index contributed by atoms with van der Waals surface area (Å²) in [5.41, 5.74) is 11.4. The zero-order valence-corrected chi connectivity index (χ0v) is 18.9. The third kappa shape index (κ3) is 8.07. The van der Waals surface area contributed by atoms with E-state index in [0.29, 0.717) is 12.0 Å². The Kier molecular flexibility index (Phi) is 9.70. The maximum absolute atomic E-state index is 13.3. The summed E-state index contributed by atoms with van der Waals surface area (Å²) in [5.74, 6) is -5.99. The molecule has 1 saturated heterocycles. The molecule has 4 atom stereocenters. The zero-order chi connectivity index (χ0) is 26.1. The van der Waals surface area contributed by atoms with Crippen molar-refractivity contribution < 1.29 is 39.0 Å². The Hall–Kier alpha value is -4.00. The minimum absolute atomic E-state index is 0.0179. The Labute approximate surface area is 200 Å². The lowest BCUT2D eigenvalue weighted by Crippen LogP contribution is -2.58. The molecule has 1 aliphatic rings. The number of nitrogens with one attached hydrogen (secondary N) is 2. The van der Waals surface area contributed by atoms with Gasteiger partial charge in [0.25, 0.3) is 0 Å². The van der Waals surface area contributed by atoms with E-state index in [1.54, 1.807) is 30.3 Å². The first-order valence-corrected chi connectivity index (χ1v) is 10.9. The monoisotopic (exact) mass is 491 g/mol. The van der Waals surface area contributed by atoms with Crippen LogP contribution < -0.4 is 22.1 Å². The zero-order valence-electron chi connectivity index (χ0n) is 18.9. The molecule has 35 heavy (non-hydrogen) atoms.